The van der Waals surface area contributed by atoms with E-state index in [9.17, 15) is 4.79 Å². The number of hydrogen-bond acceptors (Lipinski definition) is 5. The van der Waals surface area contributed by atoms with E-state index in [1.807, 2.05) is 6.07 Å². The lowest BCUT2D eigenvalue weighted by Gasteiger charge is -2.30. The number of benzene rings is 1. The lowest BCUT2D eigenvalue weighted by Crippen LogP contribution is -2.29. The van der Waals surface area contributed by atoms with Crippen LogP contribution in [0.3, 0.4) is 0 Å². The van der Waals surface area contributed by atoms with Crippen LogP contribution in [0, 0.1) is 5.92 Å². The smallest absolute Gasteiger partial charge is 0.265 e. The molecule has 0 saturated heterocycles. The van der Waals surface area contributed by atoms with Gasteiger partial charge in [-0.15, -0.1) is 0 Å². The van der Waals surface area contributed by atoms with Crippen molar-refractivity contribution in [3.05, 3.63) is 35.5 Å². The zero-order chi connectivity index (χ0) is 18.7. The third kappa shape index (κ3) is 3.16. The van der Waals surface area contributed by atoms with Gasteiger partial charge in [-0.25, -0.2) is 0 Å². The fourth-order valence-electron chi connectivity index (χ4n) is 3.95. The summed E-state index contributed by atoms with van der Waals surface area (Å²) in [5, 5.41) is 7.05. The van der Waals surface area contributed by atoms with Gasteiger partial charge in [-0.2, -0.15) is 0 Å². The molecule has 3 rings (SSSR count). The third-order valence-corrected chi connectivity index (χ3v) is 5.51. The Hall–Kier alpha value is -2.50. The molecule has 1 amide bonds. The summed E-state index contributed by atoms with van der Waals surface area (Å²) in [7, 11) is 3.04. The maximum Gasteiger partial charge on any atom is 0.265 e. The number of nitrogens with one attached hydrogen (secondary N) is 1. The molecule has 1 aliphatic carbocycles. The first-order valence-electron chi connectivity index (χ1n) is 9.01. The van der Waals surface area contributed by atoms with Gasteiger partial charge in [-0.1, -0.05) is 37.9 Å². The van der Waals surface area contributed by atoms with Gasteiger partial charge >= 0.3 is 0 Å². The highest BCUT2D eigenvalue weighted by Gasteiger charge is 2.41. The standard InChI is InChI=1S/C20H26N2O4/c1-13(2)20(10-5-6-11-20)16-12-17(26-22-16)21-19(23)18-14(24-3)8-7-9-15(18)25-4/h7-9,12-13H,5-6,10-11H2,1-4H3,(H,21,23). The Labute approximate surface area is 153 Å². The van der Waals surface area contributed by atoms with Crippen molar-refractivity contribution in [3.63, 3.8) is 0 Å². The lowest BCUT2D eigenvalue weighted by atomic mass is 9.73. The van der Waals surface area contributed by atoms with Crippen molar-refractivity contribution in [2.75, 3.05) is 19.5 Å². The second-order valence-corrected chi connectivity index (χ2v) is 7.09. The minimum Gasteiger partial charge on any atom is -0.496 e. The predicted molar refractivity (Wildman–Crippen MR) is 99.0 cm³/mol. The van der Waals surface area contributed by atoms with Crippen LogP contribution in [0.2, 0.25) is 0 Å². The SMILES string of the molecule is COc1cccc(OC)c1C(=O)Nc1cc(C2(C(C)C)CCCC2)no1. The van der Waals surface area contributed by atoms with Crippen LogP contribution >= 0.6 is 0 Å². The van der Waals surface area contributed by atoms with E-state index in [-0.39, 0.29) is 11.3 Å². The van der Waals surface area contributed by atoms with Gasteiger partial charge in [0.1, 0.15) is 17.1 Å². The average molecular weight is 358 g/mol. The Bertz CT molecular complexity index is 754. The molecule has 1 heterocycles. The van der Waals surface area contributed by atoms with E-state index in [1.54, 1.807) is 18.2 Å². The molecule has 1 N–H and O–H groups in total. The normalized spacial score (nSPS) is 15.9. The molecule has 1 saturated carbocycles. The van der Waals surface area contributed by atoms with E-state index in [0.29, 0.717) is 28.9 Å². The van der Waals surface area contributed by atoms with E-state index in [1.165, 1.54) is 27.1 Å². The highest BCUT2D eigenvalue weighted by Crippen LogP contribution is 2.46. The number of nitrogens with zero attached hydrogens (tertiary/aromatic N) is 1. The summed E-state index contributed by atoms with van der Waals surface area (Å²) in [5.41, 5.74) is 1.29. The zero-order valence-electron chi connectivity index (χ0n) is 15.8. The number of anilines is 1. The Balaban J connectivity index is 1.85. The van der Waals surface area contributed by atoms with Crippen molar-refractivity contribution in [1.29, 1.82) is 0 Å². The number of ether oxygens (including phenoxy) is 2. The van der Waals surface area contributed by atoms with Crippen LogP contribution in [0.15, 0.2) is 28.8 Å². The largest absolute Gasteiger partial charge is 0.496 e. The summed E-state index contributed by atoms with van der Waals surface area (Å²) >= 11 is 0. The van der Waals surface area contributed by atoms with Gasteiger partial charge in [0.25, 0.3) is 5.91 Å². The molecule has 6 nitrogen and oxygen atoms in total. The number of methoxy groups -OCH3 is 2. The van der Waals surface area contributed by atoms with Gasteiger partial charge < -0.3 is 14.0 Å². The van der Waals surface area contributed by atoms with E-state index >= 15 is 0 Å². The molecule has 0 aliphatic heterocycles. The maximum atomic E-state index is 12.8. The highest BCUT2D eigenvalue weighted by atomic mass is 16.5. The molecule has 0 radical (unpaired) electrons. The van der Waals surface area contributed by atoms with Gasteiger partial charge in [0.05, 0.1) is 19.9 Å². The zero-order valence-corrected chi connectivity index (χ0v) is 15.8. The molecule has 0 unspecified atom stereocenters. The van der Waals surface area contributed by atoms with Crippen molar-refractivity contribution in [1.82, 2.24) is 5.16 Å². The maximum absolute atomic E-state index is 12.8. The fraction of sp³-hybridized carbons (Fsp3) is 0.500. The minimum absolute atomic E-state index is 0.0363. The number of hydrogen-bond donors (Lipinski definition) is 1. The molecule has 1 fully saturated rings. The van der Waals surface area contributed by atoms with Gasteiger partial charge in [0.15, 0.2) is 0 Å². The molecule has 140 valence electrons. The average Bonchev–Trinajstić information content (AvgIpc) is 3.30. The Morgan fingerprint density at radius 3 is 2.35 bits per heavy atom. The van der Waals surface area contributed by atoms with Crippen molar-refractivity contribution >= 4 is 11.8 Å². The van der Waals surface area contributed by atoms with Crippen LogP contribution in [0.25, 0.3) is 0 Å². The molecular formula is C20H26N2O4. The molecule has 2 aromatic rings. The molecular weight excluding hydrogens is 332 g/mol. The molecule has 0 bridgehead atoms. The van der Waals surface area contributed by atoms with Crippen molar-refractivity contribution in [2.24, 2.45) is 5.92 Å². The monoisotopic (exact) mass is 358 g/mol. The summed E-state index contributed by atoms with van der Waals surface area (Å²) in [5.74, 6) is 1.33. The van der Waals surface area contributed by atoms with Crippen LogP contribution < -0.4 is 14.8 Å². The number of aromatic nitrogens is 1. The summed E-state index contributed by atoms with van der Waals surface area (Å²) in [6.45, 7) is 4.44. The second-order valence-electron chi connectivity index (χ2n) is 7.09. The van der Waals surface area contributed by atoms with E-state index in [0.717, 1.165) is 18.5 Å². The second kappa shape index (κ2) is 7.40. The summed E-state index contributed by atoms with van der Waals surface area (Å²) < 4.78 is 16.0. The van der Waals surface area contributed by atoms with Crippen LogP contribution in [0.5, 0.6) is 11.5 Å². The minimum atomic E-state index is -0.355. The van der Waals surface area contributed by atoms with E-state index in [4.69, 9.17) is 14.0 Å². The van der Waals surface area contributed by atoms with Gasteiger partial charge in [0, 0.05) is 11.5 Å². The molecule has 1 aliphatic rings. The third-order valence-electron chi connectivity index (χ3n) is 5.51. The molecule has 6 heteroatoms. The summed E-state index contributed by atoms with van der Waals surface area (Å²) in [6.07, 6.45) is 4.60. The summed E-state index contributed by atoms with van der Waals surface area (Å²) in [4.78, 5) is 12.8. The van der Waals surface area contributed by atoms with Crippen molar-refractivity contribution < 1.29 is 18.8 Å². The molecule has 1 aromatic carbocycles. The molecule has 26 heavy (non-hydrogen) atoms. The number of carbonyl (C=O) groups excluding carboxylic acids is 1. The Kier molecular flexibility index (Phi) is 5.20. The molecule has 0 spiro atoms. The molecule has 0 atom stereocenters. The first-order chi connectivity index (χ1) is 12.5. The first kappa shape index (κ1) is 18.3. The number of amides is 1. The van der Waals surface area contributed by atoms with Crippen LogP contribution in [-0.4, -0.2) is 25.3 Å². The van der Waals surface area contributed by atoms with E-state index in [2.05, 4.69) is 24.3 Å². The fourth-order valence-corrected chi connectivity index (χ4v) is 3.95. The van der Waals surface area contributed by atoms with Crippen molar-refractivity contribution in [2.45, 2.75) is 44.9 Å². The number of rotatable bonds is 6. The highest BCUT2D eigenvalue weighted by molar-refractivity contribution is 6.07. The first-order valence-corrected chi connectivity index (χ1v) is 9.01. The quantitative estimate of drug-likeness (QED) is 0.828. The van der Waals surface area contributed by atoms with Gasteiger partial charge in [-0.05, 0) is 30.9 Å². The summed E-state index contributed by atoms with van der Waals surface area (Å²) in [6, 6.07) is 7.06. The molecule has 1 aromatic heterocycles. The lowest BCUT2D eigenvalue weighted by molar-refractivity contribution is 0.101. The van der Waals surface area contributed by atoms with Crippen LogP contribution in [0.1, 0.15) is 55.6 Å². The Morgan fingerprint density at radius 2 is 1.81 bits per heavy atom. The van der Waals surface area contributed by atoms with Crippen LogP contribution in [-0.2, 0) is 5.41 Å². The topological polar surface area (TPSA) is 73.6 Å². The Morgan fingerprint density at radius 1 is 1.19 bits per heavy atom. The predicted octanol–water partition coefficient (Wildman–Crippen LogP) is 4.41. The van der Waals surface area contributed by atoms with Gasteiger partial charge in [0.2, 0.25) is 5.88 Å². The van der Waals surface area contributed by atoms with E-state index < -0.39 is 0 Å². The van der Waals surface area contributed by atoms with Crippen molar-refractivity contribution in [3.8, 4) is 11.5 Å². The van der Waals surface area contributed by atoms with Crippen LogP contribution in [0.4, 0.5) is 5.88 Å². The number of carbonyl (C=O) groups is 1. The van der Waals surface area contributed by atoms with Gasteiger partial charge in [-0.3, -0.25) is 10.1 Å².